The topological polar surface area (TPSA) is 237 Å². The second-order valence-electron chi connectivity index (χ2n) is 25.8. The number of hydrogen-bond acceptors (Lipinski definition) is 15. The molecule has 19 heteroatoms. The second kappa shape index (κ2) is 56.1. The van der Waals surface area contributed by atoms with E-state index < -0.39 is 97.5 Å². The molecule has 5 atom stereocenters. The minimum atomic E-state index is -4.95. The van der Waals surface area contributed by atoms with Crippen molar-refractivity contribution in [1.82, 2.24) is 0 Å². The number of carbonyl (C=O) groups is 4. The molecule has 85 heavy (non-hydrogen) atoms. The summed E-state index contributed by atoms with van der Waals surface area (Å²) in [6, 6.07) is 0. The molecule has 2 unspecified atom stereocenters. The van der Waals surface area contributed by atoms with Gasteiger partial charge in [0.15, 0.2) is 12.2 Å². The van der Waals surface area contributed by atoms with Gasteiger partial charge in [-0.25, -0.2) is 9.13 Å². The Morgan fingerprint density at radius 2 is 0.494 bits per heavy atom. The van der Waals surface area contributed by atoms with Gasteiger partial charge in [-0.15, -0.1) is 0 Å². The van der Waals surface area contributed by atoms with Gasteiger partial charge >= 0.3 is 39.5 Å². The third-order valence-electron chi connectivity index (χ3n) is 15.1. The third-order valence-corrected chi connectivity index (χ3v) is 17.0. The van der Waals surface area contributed by atoms with E-state index in [1.807, 2.05) is 0 Å². The zero-order valence-corrected chi connectivity index (χ0v) is 57.0. The molecule has 0 spiro atoms. The third kappa shape index (κ3) is 60.7. The fourth-order valence-electron chi connectivity index (χ4n) is 9.78. The van der Waals surface area contributed by atoms with Crippen LogP contribution in [0.4, 0.5) is 0 Å². The Labute approximate surface area is 517 Å². The Kier molecular flexibility index (Phi) is 54.8. The SMILES string of the molecule is CC(C)CCCCCCCCCCCCCCCCC(=O)O[C@H](COC(=O)CCCCCCCCCC(C)C)COP(=O)(O)OC[C@@H](O)COP(=O)(O)OC[C@@H](COC(=O)CCCCCCCCC(C)C)OC(=O)CCCCCCCCC(C)C. The van der Waals surface area contributed by atoms with Crippen LogP contribution in [0.1, 0.15) is 319 Å². The standard InChI is InChI=1S/C66H128O17P2/c1-56(2)42-34-26-18-15-13-11-9-10-12-14-16-20-32-40-48-65(70)82-61(52-76-63(68)46-38-30-21-17-19-27-35-43-57(3)4)54-80-84(72,73)78-50-60(67)51-79-85(74,75)81-55-62(83-66(71)49-41-33-25-23-29-37-45-59(7)8)53-77-64(69)47-39-31-24-22-28-36-44-58(5)6/h56-62,67H,9-55H2,1-8H3,(H,72,73)(H,74,75)/t60-,61-,62-/m1/s1. The van der Waals surface area contributed by atoms with E-state index in [2.05, 4.69) is 55.4 Å². The van der Waals surface area contributed by atoms with Gasteiger partial charge in [-0.1, -0.05) is 267 Å². The van der Waals surface area contributed by atoms with E-state index in [1.54, 1.807) is 0 Å². The van der Waals surface area contributed by atoms with Gasteiger partial charge in [0.05, 0.1) is 26.4 Å². The number of hydrogen-bond donors (Lipinski definition) is 3. The molecule has 0 aliphatic heterocycles. The van der Waals surface area contributed by atoms with Crippen molar-refractivity contribution >= 4 is 39.5 Å². The summed E-state index contributed by atoms with van der Waals surface area (Å²) in [5, 5.41) is 10.5. The first-order valence-corrected chi connectivity index (χ1v) is 37.2. The Bertz CT molecular complexity index is 1700. The predicted octanol–water partition coefficient (Wildman–Crippen LogP) is 18.1. The summed E-state index contributed by atoms with van der Waals surface area (Å²) in [6.45, 7) is 13.9. The van der Waals surface area contributed by atoms with Crippen LogP contribution in [-0.2, 0) is 65.4 Å². The van der Waals surface area contributed by atoms with E-state index in [0.717, 1.165) is 109 Å². The minimum absolute atomic E-state index is 0.100. The molecule has 0 aliphatic carbocycles. The molecule has 0 saturated heterocycles. The van der Waals surface area contributed by atoms with Gasteiger partial charge in [-0.2, -0.15) is 0 Å². The van der Waals surface area contributed by atoms with Crippen molar-refractivity contribution < 1.29 is 80.2 Å². The first kappa shape index (κ1) is 83.1. The molecular weight excluding hydrogens is 1130 g/mol. The van der Waals surface area contributed by atoms with E-state index in [0.29, 0.717) is 43.4 Å². The molecule has 0 aromatic rings. The lowest BCUT2D eigenvalue weighted by molar-refractivity contribution is -0.161. The highest BCUT2D eigenvalue weighted by Gasteiger charge is 2.30. The highest BCUT2D eigenvalue weighted by molar-refractivity contribution is 7.47. The first-order chi connectivity index (χ1) is 40.6. The maximum atomic E-state index is 13.0. The van der Waals surface area contributed by atoms with Gasteiger partial charge in [-0.3, -0.25) is 37.3 Å². The molecule has 17 nitrogen and oxygen atoms in total. The molecule has 0 saturated carbocycles. The quantitative estimate of drug-likeness (QED) is 0.0222. The number of rotatable bonds is 63. The van der Waals surface area contributed by atoms with Gasteiger partial charge in [0.2, 0.25) is 0 Å². The Balaban J connectivity index is 5.20. The lowest BCUT2D eigenvalue weighted by Gasteiger charge is -2.21. The molecule has 0 rings (SSSR count). The van der Waals surface area contributed by atoms with Crippen molar-refractivity contribution in [2.45, 2.75) is 337 Å². The minimum Gasteiger partial charge on any atom is -0.462 e. The van der Waals surface area contributed by atoms with Crippen molar-refractivity contribution in [2.75, 3.05) is 39.6 Å². The van der Waals surface area contributed by atoms with Crippen LogP contribution in [0.5, 0.6) is 0 Å². The van der Waals surface area contributed by atoms with Crippen LogP contribution in [-0.4, -0.2) is 96.7 Å². The summed E-state index contributed by atoms with van der Waals surface area (Å²) >= 11 is 0. The number of esters is 4. The van der Waals surface area contributed by atoms with E-state index in [1.165, 1.54) is 109 Å². The first-order valence-electron chi connectivity index (χ1n) is 34.2. The summed E-state index contributed by atoms with van der Waals surface area (Å²) in [5.41, 5.74) is 0. The Morgan fingerprint density at radius 3 is 0.729 bits per heavy atom. The van der Waals surface area contributed by atoms with Gasteiger partial charge in [0, 0.05) is 25.7 Å². The van der Waals surface area contributed by atoms with Gasteiger partial charge < -0.3 is 33.8 Å². The molecule has 0 radical (unpaired) electrons. The largest absolute Gasteiger partial charge is 0.472 e. The summed E-state index contributed by atoms with van der Waals surface area (Å²) in [7, 11) is -9.89. The smallest absolute Gasteiger partial charge is 0.462 e. The van der Waals surface area contributed by atoms with Gasteiger partial charge in [0.25, 0.3) is 0 Å². The zero-order valence-electron chi connectivity index (χ0n) is 55.2. The zero-order chi connectivity index (χ0) is 63.2. The van der Waals surface area contributed by atoms with Crippen LogP contribution < -0.4 is 0 Å². The van der Waals surface area contributed by atoms with Crippen molar-refractivity contribution in [3.05, 3.63) is 0 Å². The number of phosphoric acid groups is 2. The monoisotopic (exact) mass is 1250 g/mol. The highest BCUT2D eigenvalue weighted by Crippen LogP contribution is 2.45. The van der Waals surface area contributed by atoms with Crippen LogP contribution in [0, 0.1) is 23.7 Å². The van der Waals surface area contributed by atoms with Crippen molar-refractivity contribution in [2.24, 2.45) is 23.7 Å². The van der Waals surface area contributed by atoms with Crippen LogP contribution in [0.15, 0.2) is 0 Å². The molecule has 504 valence electrons. The number of carbonyl (C=O) groups excluding carboxylic acids is 4. The van der Waals surface area contributed by atoms with E-state index in [9.17, 15) is 43.2 Å². The van der Waals surface area contributed by atoms with Crippen molar-refractivity contribution in [1.29, 1.82) is 0 Å². The molecule has 0 amide bonds. The Hall–Kier alpha value is -1.94. The number of aliphatic hydroxyl groups excluding tert-OH is 1. The fraction of sp³-hybridized carbons (Fsp3) is 0.939. The van der Waals surface area contributed by atoms with Crippen LogP contribution in [0.25, 0.3) is 0 Å². The second-order valence-corrected chi connectivity index (χ2v) is 28.7. The van der Waals surface area contributed by atoms with E-state index >= 15 is 0 Å². The molecule has 0 heterocycles. The Morgan fingerprint density at radius 1 is 0.294 bits per heavy atom. The maximum absolute atomic E-state index is 13.0. The number of aliphatic hydroxyl groups is 1. The molecule has 0 aromatic carbocycles. The van der Waals surface area contributed by atoms with Crippen molar-refractivity contribution in [3.63, 3.8) is 0 Å². The van der Waals surface area contributed by atoms with Crippen LogP contribution in [0.2, 0.25) is 0 Å². The summed E-state index contributed by atoms with van der Waals surface area (Å²) in [4.78, 5) is 72.2. The summed E-state index contributed by atoms with van der Waals surface area (Å²) < 4.78 is 68.0. The summed E-state index contributed by atoms with van der Waals surface area (Å²) in [5.74, 6) is 0.707. The lowest BCUT2D eigenvalue weighted by Crippen LogP contribution is -2.30. The molecule has 0 aliphatic rings. The van der Waals surface area contributed by atoms with Crippen LogP contribution >= 0.6 is 15.6 Å². The van der Waals surface area contributed by atoms with Gasteiger partial charge in [-0.05, 0) is 49.4 Å². The van der Waals surface area contributed by atoms with Crippen LogP contribution in [0.3, 0.4) is 0 Å². The van der Waals surface area contributed by atoms with E-state index in [-0.39, 0.29) is 25.7 Å². The van der Waals surface area contributed by atoms with E-state index in [4.69, 9.17) is 37.0 Å². The molecule has 3 N–H and O–H groups in total. The average Bonchev–Trinajstić information content (AvgIpc) is 3.61. The average molecular weight is 1260 g/mol. The molecule has 0 aromatic heterocycles. The number of unbranched alkanes of at least 4 members (excludes halogenated alkanes) is 29. The maximum Gasteiger partial charge on any atom is 0.472 e. The van der Waals surface area contributed by atoms with Gasteiger partial charge in [0.1, 0.15) is 19.3 Å². The molecule has 0 bridgehead atoms. The van der Waals surface area contributed by atoms with Crippen molar-refractivity contribution in [3.8, 4) is 0 Å². The lowest BCUT2D eigenvalue weighted by atomic mass is 10.0. The number of ether oxygens (including phenoxy) is 4. The fourth-order valence-corrected chi connectivity index (χ4v) is 11.4. The normalized spacial score (nSPS) is 14.4. The highest BCUT2D eigenvalue weighted by atomic mass is 31.2. The molecular formula is C66H128O17P2. The molecule has 0 fully saturated rings. The summed E-state index contributed by atoms with van der Waals surface area (Å²) in [6.07, 6.45) is 36.7. The number of phosphoric ester groups is 2. The predicted molar refractivity (Wildman–Crippen MR) is 340 cm³/mol.